The van der Waals surface area contributed by atoms with Gasteiger partial charge in [-0.25, -0.2) is 0 Å². The summed E-state index contributed by atoms with van der Waals surface area (Å²) < 4.78 is 0. The fraction of sp³-hybridized carbons (Fsp3) is 0.211. The molecule has 0 bridgehead atoms. The number of aliphatic carboxylic acids is 1. The van der Waals surface area contributed by atoms with Crippen molar-refractivity contribution >= 4 is 17.7 Å². The average Bonchev–Trinajstić information content (AvgIpc) is 2.95. The van der Waals surface area contributed by atoms with Gasteiger partial charge in [0.25, 0.3) is 5.91 Å². The predicted octanol–water partition coefficient (Wildman–Crippen LogP) is 2.61. The zero-order valence-corrected chi connectivity index (χ0v) is 13.0. The van der Waals surface area contributed by atoms with E-state index >= 15 is 0 Å². The van der Waals surface area contributed by atoms with Crippen molar-refractivity contribution in [1.29, 1.82) is 0 Å². The van der Waals surface area contributed by atoms with E-state index in [0.717, 1.165) is 11.1 Å². The Morgan fingerprint density at radius 1 is 1.00 bits per heavy atom. The Kier molecular flexibility index (Phi) is 4.42. The van der Waals surface area contributed by atoms with Crippen LogP contribution >= 0.6 is 0 Å². The number of hydrogen-bond acceptors (Lipinski definition) is 3. The number of carboxylic acid groups (broad SMARTS) is 1. The van der Waals surface area contributed by atoms with Gasteiger partial charge in [0.1, 0.15) is 0 Å². The molecule has 1 N–H and O–H groups in total. The molecule has 0 aromatic heterocycles. The van der Waals surface area contributed by atoms with Crippen LogP contribution in [-0.4, -0.2) is 40.3 Å². The SMILES string of the molecule is O=C(O)CC1CC(=O)CN1C(=O)c1ccc(-c2ccccc2)cc1. The quantitative estimate of drug-likeness (QED) is 0.938. The first-order valence-corrected chi connectivity index (χ1v) is 7.74. The second-order valence-electron chi connectivity index (χ2n) is 5.87. The molecule has 5 heteroatoms. The highest BCUT2D eigenvalue weighted by molar-refractivity contribution is 5.99. The second kappa shape index (κ2) is 6.66. The molecular formula is C19H17NO4. The van der Waals surface area contributed by atoms with E-state index in [0.29, 0.717) is 5.56 Å². The number of amides is 1. The van der Waals surface area contributed by atoms with Gasteiger partial charge in [0.05, 0.1) is 13.0 Å². The molecule has 5 nitrogen and oxygen atoms in total. The van der Waals surface area contributed by atoms with Gasteiger partial charge < -0.3 is 10.0 Å². The minimum atomic E-state index is -1.01. The topological polar surface area (TPSA) is 74.7 Å². The largest absolute Gasteiger partial charge is 0.481 e. The van der Waals surface area contributed by atoms with Crippen LogP contribution in [0.2, 0.25) is 0 Å². The molecule has 0 saturated carbocycles. The number of Topliss-reactive ketones (excluding diaryl/α,β-unsaturated/α-hetero) is 1. The van der Waals surface area contributed by atoms with Gasteiger partial charge in [-0.3, -0.25) is 14.4 Å². The first kappa shape index (κ1) is 15.9. The highest BCUT2D eigenvalue weighted by Crippen LogP contribution is 2.23. The Morgan fingerprint density at radius 2 is 1.62 bits per heavy atom. The van der Waals surface area contributed by atoms with Crippen LogP contribution in [0.1, 0.15) is 23.2 Å². The molecule has 0 radical (unpaired) electrons. The van der Waals surface area contributed by atoms with Crippen molar-refractivity contribution in [2.24, 2.45) is 0 Å². The highest BCUT2D eigenvalue weighted by Gasteiger charge is 2.35. The van der Waals surface area contributed by atoms with Gasteiger partial charge in [0.2, 0.25) is 0 Å². The molecule has 1 atom stereocenters. The first-order valence-electron chi connectivity index (χ1n) is 7.74. The first-order chi connectivity index (χ1) is 11.5. The van der Waals surface area contributed by atoms with E-state index in [1.165, 1.54) is 4.90 Å². The summed E-state index contributed by atoms with van der Waals surface area (Å²) in [6.45, 7) is -0.0167. The lowest BCUT2D eigenvalue weighted by atomic mass is 10.0. The number of rotatable bonds is 4. The van der Waals surface area contributed by atoms with E-state index in [1.54, 1.807) is 12.1 Å². The van der Waals surface area contributed by atoms with Crippen molar-refractivity contribution in [1.82, 2.24) is 4.90 Å². The lowest BCUT2D eigenvalue weighted by Gasteiger charge is -2.22. The van der Waals surface area contributed by atoms with Crippen LogP contribution < -0.4 is 0 Å². The number of carboxylic acids is 1. The molecule has 1 saturated heterocycles. The van der Waals surface area contributed by atoms with Crippen LogP contribution in [0.25, 0.3) is 11.1 Å². The van der Waals surface area contributed by atoms with E-state index in [-0.39, 0.29) is 31.1 Å². The summed E-state index contributed by atoms with van der Waals surface area (Å²) >= 11 is 0. The van der Waals surface area contributed by atoms with Gasteiger partial charge in [-0.05, 0) is 23.3 Å². The Morgan fingerprint density at radius 3 is 2.25 bits per heavy atom. The monoisotopic (exact) mass is 323 g/mol. The van der Waals surface area contributed by atoms with E-state index in [9.17, 15) is 14.4 Å². The maximum Gasteiger partial charge on any atom is 0.305 e. The van der Waals surface area contributed by atoms with Crippen molar-refractivity contribution < 1.29 is 19.5 Å². The summed E-state index contributed by atoms with van der Waals surface area (Å²) in [5.41, 5.74) is 2.50. The van der Waals surface area contributed by atoms with E-state index < -0.39 is 12.0 Å². The molecular weight excluding hydrogens is 306 g/mol. The lowest BCUT2D eigenvalue weighted by Crippen LogP contribution is -2.37. The van der Waals surface area contributed by atoms with Crippen LogP contribution in [0.4, 0.5) is 0 Å². The van der Waals surface area contributed by atoms with Gasteiger partial charge in [-0.2, -0.15) is 0 Å². The number of carbonyl (C=O) groups excluding carboxylic acids is 2. The van der Waals surface area contributed by atoms with E-state index in [4.69, 9.17) is 5.11 Å². The molecule has 1 heterocycles. The van der Waals surface area contributed by atoms with Gasteiger partial charge >= 0.3 is 5.97 Å². The Labute approximate surface area is 139 Å². The second-order valence-corrected chi connectivity index (χ2v) is 5.87. The number of benzene rings is 2. The molecule has 0 spiro atoms. The number of likely N-dealkylation sites (tertiary alicyclic amines) is 1. The average molecular weight is 323 g/mol. The van der Waals surface area contributed by atoms with Crippen molar-refractivity contribution in [3.63, 3.8) is 0 Å². The third kappa shape index (κ3) is 3.35. The molecule has 3 rings (SSSR count). The Balaban J connectivity index is 1.79. The Hall–Kier alpha value is -2.95. The number of hydrogen-bond donors (Lipinski definition) is 1. The zero-order chi connectivity index (χ0) is 17.1. The van der Waals surface area contributed by atoms with Crippen LogP contribution in [0, 0.1) is 0 Å². The number of nitrogens with zero attached hydrogens (tertiary/aromatic N) is 1. The van der Waals surface area contributed by atoms with Gasteiger partial charge in [-0.1, -0.05) is 42.5 Å². The predicted molar refractivity (Wildman–Crippen MR) is 88.6 cm³/mol. The maximum absolute atomic E-state index is 12.6. The summed E-state index contributed by atoms with van der Waals surface area (Å²) in [5.74, 6) is -1.41. The normalized spacial score (nSPS) is 17.1. The van der Waals surface area contributed by atoms with E-state index in [1.807, 2.05) is 42.5 Å². The van der Waals surface area contributed by atoms with Crippen LogP contribution in [0.3, 0.4) is 0 Å². The fourth-order valence-electron chi connectivity index (χ4n) is 2.98. The molecule has 1 amide bonds. The van der Waals surface area contributed by atoms with Crippen LogP contribution in [0.15, 0.2) is 54.6 Å². The van der Waals surface area contributed by atoms with E-state index in [2.05, 4.69) is 0 Å². The zero-order valence-electron chi connectivity index (χ0n) is 13.0. The Bertz CT molecular complexity index is 768. The van der Waals surface area contributed by atoms with Gasteiger partial charge in [0.15, 0.2) is 5.78 Å². The van der Waals surface area contributed by atoms with Crippen LogP contribution in [-0.2, 0) is 9.59 Å². The van der Waals surface area contributed by atoms with Crippen molar-refractivity contribution in [2.75, 3.05) is 6.54 Å². The molecule has 1 aliphatic heterocycles. The van der Waals surface area contributed by atoms with Crippen LogP contribution in [0.5, 0.6) is 0 Å². The smallest absolute Gasteiger partial charge is 0.305 e. The maximum atomic E-state index is 12.6. The summed E-state index contributed by atoms with van der Waals surface area (Å²) in [7, 11) is 0. The number of carbonyl (C=O) groups is 3. The third-order valence-corrected chi connectivity index (χ3v) is 4.16. The van der Waals surface area contributed by atoms with Gasteiger partial charge in [-0.15, -0.1) is 0 Å². The molecule has 2 aromatic rings. The van der Waals surface area contributed by atoms with Crippen molar-refractivity contribution in [2.45, 2.75) is 18.9 Å². The summed E-state index contributed by atoms with van der Waals surface area (Å²) in [6.07, 6.45) is -0.0975. The summed E-state index contributed by atoms with van der Waals surface area (Å²) in [6, 6.07) is 16.4. The van der Waals surface area contributed by atoms with Crippen molar-refractivity contribution in [3.05, 3.63) is 60.2 Å². The highest BCUT2D eigenvalue weighted by atomic mass is 16.4. The minimum absolute atomic E-state index is 0.0167. The molecule has 2 aromatic carbocycles. The molecule has 1 unspecified atom stereocenters. The standard InChI is InChI=1S/C19H17NO4/c21-17-10-16(11-18(22)23)20(12-17)19(24)15-8-6-14(7-9-15)13-4-2-1-3-5-13/h1-9,16H,10-12H2,(H,22,23). The molecule has 1 aliphatic rings. The fourth-order valence-corrected chi connectivity index (χ4v) is 2.98. The van der Waals surface area contributed by atoms with Gasteiger partial charge in [0, 0.05) is 18.0 Å². The summed E-state index contributed by atoms with van der Waals surface area (Å²) in [4.78, 5) is 36.5. The lowest BCUT2D eigenvalue weighted by molar-refractivity contribution is -0.137. The molecule has 1 fully saturated rings. The molecule has 0 aliphatic carbocycles. The minimum Gasteiger partial charge on any atom is -0.481 e. The third-order valence-electron chi connectivity index (χ3n) is 4.16. The molecule has 24 heavy (non-hydrogen) atoms. The summed E-state index contributed by atoms with van der Waals surface area (Å²) in [5, 5.41) is 8.94. The molecule has 122 valence electrons. The number of ketones is 1. The van der Waals surface area contributed by atoms with Crippen molar-refractivity contribution in [3.8, 4) is 11.1 Å².